The van der Waals surface area contributed by atoms with Gasteiger partial charge in [0.25, 0.3) is 0 Å². The normalized spacial score (nSPS) is 12.9. The Balaban J connectivity index is 0.000000142. The van der Waals surface area contributed by atoms with E-state index < -0.39 is 10.8 Å². The number of hydrogen-bond acceptors (Lipinski definition) is 5. The first-order chi connectivity index (χ1) is 72.5. The van der Waals surface area contributed by atoms with Gasteiger partial charge in [-0.1, -0.05) is 406 Å². The number of nitrogens with zero attached hydrogens (tertiary/aromatic N) is 5. The predicted octanol–water partition coefficient (Wildman–Crippen LogP) is 37.6. The first-order valence-corrected chi connectivity index (χ1v) is 50.3. The summed E-state index contributed by atoms with van der Waals surface area (Å²) < 4.78 is 8.74. The van der Waals surface area contributed by atoms with Crippen molar-refractivity contribution in [1.82, 2.24) is 4.57 Å². The van der Waals surface area contributed by atoms with E-state index in [0.29, 0.717) is 0 Å². The molecule has 23 aromatic carbocycles. The third-order valence-corrected chi connectivity index (χ3v) is 30.7. The van der Waals surface area contributed by atoms with Crippen LogP contribution in [0.3, 0.4) is 0 Å². The number of furan rings is 1. The number of hydrogen-bond donors (Lipinski definition) is 0. The highest BCUT2D eigenvalue weighted by Gasteiger charge is 2.54. The quantitative estimate of drug-likeness (QED) is 0.102. The third-order valence-electron chi connectivity index (χ3n) is 30.7. The van der Waals surface area contributed by atoms with Crippen molar-refractivity contribution in [3.05, 3.63) is 609 Å². The molecule has 0 amide bonds. The van der Waals surface area contributed by atoms with Crippen LogP contribution in [0.1, 0.15) is 44.5 Å². The maximum absolute atomic E-state index is 6.36. The summed E-state index contributed by atoms with van der Waals surface area (Å²) in [6.07, 6.45) is 0. The van der Waals surface area contributed by atoms with E-state index >= 15 is 0 Å². The van der Waals surface area contributed by atoms with Crippen LogP contribution in [0.4, 0.5) is 68.2 Å². The summed E-state index contributed by atoms with van der Waals surface area (Å²) in [5.74, 6) is 0. The lowest BCUT2D eigenvalue weighted by atomic mass is 9.64. The minimum absolute atomic E-state index is 0.606. The largest absolute Gasteiger partial charge is 0.456 e. The second-order valence-corrected chi connectivity index (χ2v) is 38.3. The molecule has 684 valence electrons. The van der Waals surface area contributed by atoms with Gasteiger partial charge < -0.3 is 28.6 Å². The van der Waals surface area contributed by atoms with Gasteiger partial charge in [-0.3, -0.25) is 0 Å². The van der Waals surface area contributed by atoms with Crippen molar-refractivity contribution < 1.29 is 4.42 Å². The first kappa shape index (κ1) is 84.9. The topological polar surface area (TPSA) is 31.0 Å². The van der Waals surface area contributed by atoms with Crippen molar-refractivity contribution in [3.8, 4) is 94.7 Å². The Morgan fingerprint density at radius 1 is 0.164 bits per heavy atom. The molecule has 25 aromatic rings. The molecule has 0 bridgehead atoms. The van der Waals surface area contributed by atoms with Crippen LogP contribution in [0.25, 0.3) is 138 Å². The number of rotatable bonds is 15. The molecule has 2 aliphatic heterocycles. The molecule has 0 radical (unpaired) electrons. The van der Waals surface area contributed by atoms with E-state index in [2.05, 4.69) is 576 Å². The molecule has 4 aliphatic rings. The van der Waals surface area contributed by atoms with Gasteiger partial charge in [0.05, 0.1) is 56.0 Å². The second-order valence-electron chi connectivity index (χ2n) is 38.3. The van der Waals surface area contributed by atoms with E-state index in [0.717, 1.165) is 101 Å². The van der Waals surface area contributed by atoms with Gasteiger partial charge in [-0.05, 0) is 280 Å². The smallest absolute Gasteiger partial charge is 0.136 e. The zero-order chi connectivity index (χ0) is 96.3. The average molecular weight is 1860 g/mol. The molecule has 0 saturated heterocycles. The lowest BCUT2D eigenvalue weighted by molar-refractivity contribution is 0.669. The minimum atomic E-state index is -0.613. The summed E-state index contributed by atoms with van der Waals surface area (Å²) in [4.78, 5) is 9.86. The predicted molar refractivity (Wildman–Crippen MR) is 608 cm³/mol. The second kappa shape index (κ2) is 35.0. The Hall–Kier alpha value is -19.1. The molecular weight excluding hydrogens is 1770 g/mol. The van der Waals surface area contributed by atoms with Crippen LogP contribution in [0.5, 0.6) is 0 Å². The molecule has 0 atom stereocenters. The van der Waals surface area contributed by atoms with Crippen LogP contribution in [0, 0.1) is 0 Å². The maximum Gasteiger partial charge on any atom is 0.136 e. The third kappa shape index (κ3) is 13.5. The Morgan fingerprint density at radius 2 is 0.479 bits per heavy atom. The lowest BCUT2D eigenvalue weighted by Gasteiger charge is -2.45. The summed E-state index contributed by atoms with van der Waals surface area (Å²) in [6.45, 7) is 0. The van der Waals surface area contributed by atoms with Gasteiger partial charge in [-0.15, -0.1) is 0 Å². The summed E-state index contributed by atoms with van der Waals surface area (Å²) in [7, 11) is 0. The Morgan fingerprint density at radius 3 is 0.938 bits per heavy atom. The van der Waals surface area contributed by atoms with E-state index in [9.17, 15) is 0 Å². The highest BCUT2D eigenvalue weighted by atomic mass is 16.3. The van der Waals surface area contributed by atoms with Crippen LogP contribution >= 0.6 is 0 Å². The molecule has 0 fully saturated rings. The van der Waals surface area contributed by atoms with Crippen LogP contribution in [-0.4, -0.2) is 4.57 Å². The highest BCUT2D eigenvalue weighted by molar-refractivity contribution is 6.12. The number of aromatic nitrogens is 1. The van der Waals surface area contributed by atoms with Gasteiger partial charge in [0, 0.05) is 72.5 Å². The summed E-state index contributed by atoms with van der Waals surface area (Å²) in [5.41, 5.74) is 46.7. The van der Waals surface area contributed by atoms with E-state index in [4.69, 9.17) is 4.42 Å². The molecule has 29 rings (SSSR count). The molecule has 6 nitrogen and oxygen atoms in total. The van der Waals surface area contributed by atoms with Crippen LogP contribution in [0.15, 0.2) is 569 Å². The zero-order valence-electron chi connectivity index (χ0n) is 79.8. The number of anilines is 12. The molecular formula is C140H93N5O. The lowest BCUT2D eigenvalue weighted by Crippen LogP contribution is -2.36. The monoisotopic (exact) mass is 1860 g/mol. The summed E-state index contributed by atoms with van der Waals surface area (Å²) >= 11 is 0. The fourth-order valence-electron chi connectivity index (χ4n) is 24.5. The van der Waals surface area contributed by atoms with Crippen LogP contribution in [-0.2, 0) is 10.8 Å². The number of para-hydroxylation sites is 11. The van der Waals surface area contributed by atoms with Crippen molar-refractivity contribution >= 4 is 112 Å². The molecule has 0 saturated carbocycles. The summed E-state index contributed by atoms with van der Waals surface area (Å²) in [5, 5.41) is 4.74. The molecule has 2 aromatic heterocycles. The summed E-state index contributed by atoms with van der Waals surface area (Å²) in [6, 6.07) is 207. The highest BCUT2D eigenvalue weighted by Crippen LogP contribution is 2.67. The Labute approximate surface area is 848 Å². The van der Waals surface area contributed by atoms with Gasteiger partial charge in [-0.2, -0.15) is 0 Å². The first-order valence-electron chi connectivity index (χ1n) is 50.3. The molecule has 146 heavy (non-hydrogen) atoms. The maximum atomic E-state index is 6.36. The average Bonchev–Trinajstić information content (AvgIpc) is 1.51. The Bertz CT molecular complexity index is 9300. The number of fused-ring (bicyclic) bond motifs is 24. The molecule has 2 spiro atoms. The van der Waals surface area contributed by atoms with Gasteiger partial charge >= 0.3 is 0 Å². The van der Waals surface area contributed by atoms with Crippen molar-refractivity contribution in [2.45, 2.75) is 10.8 Å². The van der Waals surface area contributed by atoms with Crippen molar-refractivity contribution in [1.29, 1.82) is 0 Å². The van der Waals surface area contributed by atoms with Gasteiger partial charge in [0.15, 0.2) is 0 Å². The van der Waals surface area contributed by atoms with Gasteiger partial charge in [0.2, 0.25) is 0 Å². The van der Waals surface area contributed by atoms with Gasteiger partial charge in [0.1, 0.15) is 11.2 Å². The minimum Gasteiger partial charge on any atom is -0.456 e. The van der Waals surface area contributed by atoms with E-state index in [1.54, 1.807) is 0 Å². The molecule has 6 heteroatoms. The van der Waals surface area contributed by atoms with E-state index in [-0.39, 0.29) is 0 Å². The van der Waals surface area contributed by atoms with Crippen molar-refractivity contribution in [2.75, 3.05) is 19.6 Å². The van der Waals surface area contributed by atoms with E-state index in [1.807, 2.05) is 12.1 Å². The Kier molecular flexibility index (Phi) is 20.3. The molecule has 0 N–H and O–H groups in total. The van der Waals surface area contributed by atoms with Crippen LogP contribution in [0.2, 0.25) is 0 Å². The fraction of sp³-hybridized carbons (Fsp3) is 0.0143. The SMILES string of the molecule is c1ccc(-c2ccccc2-c2ccccc2N(c2ccc(-c3ccc4c(c3)c3ccccc3n4-c3ccccc3)cc2)c2ccc3c(c2)C2(c4ccccc4-3)c3ccccc3N(c3ccccc3)c3ccccc32)cc1.c1ccc(-c2ccccc2-c2ccccc2N(c2ccc(-c3ccc4c(c3)oc3ccccc34)cc2)c2ccc3c(c2)C2(c4ccccc4-3)c3ccccc3N(c3ccccc3)c3ccccc32)cc1. The number of benzene rings is 23. The molecule has 4 heterocycles. The van der Waals surface area contributed by atoms with Crippen molar-refractivity contribution in [2.24, 2.45) is 0 Å². The van der Waals surface area contributed by atoms with Crippen LogP contribution < -0.4 is 19.6 Å². The molecule has 0 unspecified atom stereocenters. The van der Waals surface area contributed by atoms with Crippen molar-refractivity contribution in [3.63, 3.8) is 0 Å². The zero-order valence-corrected chi connectivity index (χ0v) is 79.8. The van der Waals surface area contributed by atoms with E-state index in [1.165, 1.54) is 150 Å². The van der Waals surface area contributed by atoms with Gasteiger partial charge in [-0.25, -0.2) is 0 Å². The standard InChI is InChI=1S/C73H49N3.C67H44N2O/c1-4-22-51(23-5-1)57-28-10-11-29-58(57)61-31-13-18-36-68(61)74(55-43-40-50(41-44-55)52-42-47-70-63(48-52)62-32-14-19-37-69(62)75(70)53-24-6-2-7-25-53)56-45-46-60-59-30-12-15-33-64(59)73(67(60)49-56)65-34-16-20-38-71(65)76(54-26-8-3-9-27-54)72-39-21-17-35-66(72)73;1-3-19-46(20-4-1)51-23-7-8-24-52(51)55-26-10-15-31-62(55)68(49-38-35-45(36-39-49)47-37-41-57-56-27-11-18-34-65(56)70-66(57)43-47)50-40-42-54-53-25-9-12-28-58(53)67(61(54)44-50)59-29-13-16-32-63(59)69(48-21-5-2-6-22-48)64-33-17-14-30-60(64)67/h1-49H;1-44H. The molecule has 2 aliphatic carbocycles. The fourth-order valence-corrected chi connectivity index (χ4v) is 24.5.